The maximum atomic E-state index is 11.9. The second-order valence-corrected chi connectivity index (χ2v) is 5.38. The van der Waals surface area contributed by atoms with Gasteiger partial charge in [-0.15, -0.1) is 0 Å². The first-order valence-corrected chi connectivity index (χ1v) is 7.21. The zero-order chi connectivity index (χ0) is 13.8. The normalized spacial score (nSPS) is 22.9. The molecule has 0 unspecified atom stereocenters. The molecule has 1 fully saturated rings. The largest absolute Gasteiger partial charge is 0.356 e. The number of carbonyl (C=O) groups is 1. The van der Waals surface area contributed by atoms with Crippen molar-refractivity contribution in [2.24, 2.45) is 0 Å². The molecule has 0 radical (unpaired) electrons. The van der Waals surface area contributed by atoms with E-state index in [4.69, 9.17) is 0 Å². The lowest BCUT2D eigenvalue weighted by atomic mass is 9.78. The van der Waals surface area contributed by atoms with E-state index in [0.29, 0.717) is 12.3 Å². The van der Waals surface area contributed by atoms with Gasteiger partial charge < -0.3 is 5.32 Å². The van der Waals surface area contributed by atoms with Crippen molar-refractivity contribution in [2.75, 3.05) is 6.54 Å². The van der Waals surface area contributed by atoms with Crippen molar-refractivity contribution in [3.63, 3.8) is 0 Å². The van der Waals surface area contributed by atoms with Crippen molar-refractivity contribution in [2.45, 2.75) is 24.7 Å². The van der Waals surface area contributed by atoms with Crippen LogP contribution in [0.3, 0.4) is 0 Å². The first-order chi connectivity index (χ1) is 9.84. The molecule has 1 aliphatic heterocycles. The monoisotopic (exact) mass is 265 g/mol. The molecule has 2 nitrogen and oxygen atoms in total. The predicted octanol–water partition coefficient (Wildman–Crippen LogP) is 3.46. The second kappa shape index (κ2) is 5.91. The summed E-state index contributed by atoms with van der Waals surface area (Å²) in [6.07, 6.45) is 1.57. The molecule has 2 atom stereocenters. The van der Waals surface area contributed by atoms with Gasteiger partial charge in [0.15, 0.2) is 0 Å². The third-order valence-corrected chi connectivity index (χ3v) is 4.12. The summed E-state index contributed by atoms with van der Waals surface area (Å²) >= 11 is 0. The number of hydrogen-bond acceptors (Lipinski definition) is 1. The van der Waals surface area contributed by atoms with Crippen molar-refractivity contribution in [1.29, 1.82) is 0 Å². The van der Waals surface area contributed by atoms with Gasteiger partial charge in [-0.3, -0.25) is 4.79 Å². The van der Waals surface area contributed by atoms with Crippen LogP contribution in [0.1, 0.15) is 35.8 Å². The minimum atomic E-state index is 0.164. The van der Waals surface area contributed by atoms with Gasteiger partial charge in [-0.05, 0) is 29.4 Å². The molecule has 1 saturated heterocycles. The Bertz CT molecular complexity index is 564. The lowest BCUT2D eigenvalue weighted by molar-refractivity contribution is -0.121. The summed E-state index contributed by atoms with van der Waals surface area (Å²) in [5, 5.41) is 3.01. The fraction of sp³-hybridized carbons (Fsp3) is 0.278. The van der Waals surface area contributed by atoms with Gasteiger partial charge in [0.25, 0.3) is 0 Å². The number of nitrogens with one attached hydrogen (secondary N) is 1. The summed E-state index contributed by atoms with van der Waals surface area (Å²) < 4.78 is 0. The Morgan fingerprint density at radius 3 is 1.95 bits per heavy atom. The molecule has 20 heavy (non-hydrogen) atoms. The van der Waals surface area contributed by atoms with Crippen LogP contribution in [0.2, 0.25) is 0 Å². The molecule has 0 bridgehead atoms. The molecule has 0 aromatic heterocycles. The quantitative estimate of drug-likeness (QED) is 0.885. The highest BCUT2D eigenvalue weighted by atomic mass is 16.1. The van der Waals surface area contributed by atoms with Gasteiger partial charge in [-0.1, -0.05) is 60.7 Å². The Balaban J connectivity index is 1.98. The van der Waals surface area contributed by atoms with Crippen LogP contribution in [0.4, 0.5) is 0 Å². The third kappa shape index (κ3) is 2.74. The topological polar surface area (TPSA) is 29.1 Å². The lowest BCUT2D eigenvalue weighted by Crippen LogP contribution is -2.22. The van der Waals surface area contributed by atoms with Gasteiger partial charge in [0.2, 0.25) is 5.91 Å². The molecule has 1 aliphatic rings. The zero-order valence-corrected chi connectivity index (χ0v) is 11.5. The predicted molar refractivity (Wildman–Crippen MR) is 80.6 cm³/mol. The average Bonchev–Trinajstić information content (AvgIpc) is 2.71. The second-order valence-electron chi connectivity index (χ2n) is 5.38. The Morgan fingerprint density at radius 1 is 0.800 bits per heavy atom. The molecule has 1 heterocycles. The van der Waals surface area contributed by atoms with Crippen LogP contribution in [0.25, 0.3) is 0 Å². The molecule has 102 valence electrons. The maximum Gasteiger partial charge on any atom is 0.220 e. The van der Waals surface area contributed by atoms with Crippen LogP contribution in [-0.2, 0) is 4.79 Å². The van der Waals surface area contributed by atoms with E-state index in [-0.39, 0.29) is 11.8 Å². The average molecular weight is 265 g/mol. The number of carbonyl (C=O) groups excluding carboxylic acids is 1. The Hall–Kier alpha value is -2.09. The first kappa shape index (κ1) is 12.9. The van der Waals surface area contributed by atoms with Crippen LogP contribution in [0.15, 0.2) is 60.7 Å². The van der Waals surface area contributed by atoms with Gasteiger partial charge in [-0.2, -0.15) is 0 Å². The van der Waals surface area contributed by atoms with E-state index < -0.39 is 0 Å². The van der Waals surface area contributed by atoms with Crippen LogP contribution < -0.4 is 5.32 Å². The van der Waals surface area contributed by atoms with Crippen molar-refractivity contribution in [1.82, 2.24) is 5.32 Å². The van der Waals surface area contributed by atoms with Crippen molar-refractivity contribution < 1.29 is 4.79 Å². The number of hydrogen-bond donors (Lipinski definition) is 1. The fourth-order valence-corrected chi connectivity index (χ4v) is 3.13. The Kier molecular flexibility index (Phi) is 3.82. The standard InChI is InChI=1S/C18H19NO/c20-18-13-17(15-9-5-2-6-10-15)16(11-12-19-18)14-7-3-1-4-8-14/h1-10,16-17H,11-13H2,(H,19,20)/t16-,17+/m0/s1. The number of amides is 1. The van der Waals surface area contributed by atoms with E-state index in [0.717, 1.165) is 13.0 Å². The van der Waals surface area contributed by atoms with E-state index >= 15 is 0 Å². The van der Waals surface area contributed by atoms with Crippen molar-refractivity contribution in [3.05, 3.63) is 71.8 Å². The van der Waals surface area contributed by atoms with Crippen molar-refractivity contribution >= 4 is 5.91 Å². The van der Waals surface area contributed by atoms with Crippen LogP contribution in [-0.4, -0.2) is 12.5 Å². The number of benzene rings is 2. The van der Waals surface area contributed by atoms with E-state index in [1.165, 1.54) is 11.1 Å². The van der Waals surface area contributed by atoms with E-state index in [1.54, 1.807) is 0 Å². The molecule has 1 amide bonds. The summed E-state index contributed by atoms with van der Waals surface area (Å²) in [6, 6.07) is 21.0. The Labute approximate surface area is 119 Å². The smallest absolute Gasteiger partial charge is 0.220 e. The van der Waals surface area contributed by atoms with Gasteiger partial charge in [0, 0.05) is 13.0 Å². The third-order valence-electron chi connectivity index (χ3n) is 4.12. The lowest BCUT2D eigenvalue weighted by Gasteiger charge is -2.25. The molecule has 3 rings (SSSR count). The summed E-state index contributed by atoms with van der Waals surface area (Å²) in [4.78, 5) is 11.9. The van der Waals surface area contributed by atoms with Crippen LogP contribution in [0, 0.1) is 0 Å². The molecular formula is C18H19NO. The Morgan fingerprint density at radius 2 is 1.35 bits per heavy atom. The molecule has 0 aliphatic carbocycles. The van der Waals surface area contributed by atoms with Gasteiger partial charge >= 0.3 is 0 Å². The van der Waals surface area contributed by atoms with Crippen molar-refractivity contribution in [3.8, 4) is 0 Å². The van der Waals surface area contributed by atoms with E-state index in [9.17, 15) is 4.79 Å². The summed E-state index contributed by atoms with van der Waals surface area (Å²) in [7, 11) is 0. The first-order valence-electron chi connectivity index (χ1n) is 7.21. The molecule has 2 aromatic carbocycles. The highest BCUT2D eigenvalue weighted by Gasteiger charge is 2.29. The molecule has 2 aromatic rings. The van der Waals surface area contributed by atoms with E-state index in [1.807, 2.05) is 12.1 Å². The summed E-state index contributed by atoms with van der Waals surface area (Å²) in [6.45, 7) is 0.766. The van der Waals surface area contributed by atoms with Gasteiger partial charge in [-0.25, -0.2) is 0 Å². The minimum absolute atomic E-state index is 0.164. The van der Waals surface area contributed by atoms with E-state index in [2.05, 4.69) is 53.8 Å². The molecule has 0 saturated carbocycles. The van der Waals surface area contributed by atoms with Crippen LogP contribution in [0.5, 0.6) is 0 Å². The maximum absolute atomic E-state index is 11.9. The zero-order valence-electron chi connectivity index (χ0n) is 11.5. The van der Waals surface area contributed by atoms with Gasteiger partial charge in [0.05, 0.1) is 0 Å². The summed E-state index contributed by atoms with van der Waals surface area (Å²) in [5.74, 6) is 0.830. The SMILES string of the molecule is O=C1C[C@H](c2ccccc2)[C@H](c2ccccc2)CCN1. The van der Waals surface area contributed by atoms with Gasteiger partial charge in [0.1, 0.15) is 0 Å². The highest BCUT2D eigenvalue weighted by Crippen LogP contribution is 2.39. The van der Waals surface area contributed by atoms with Crippen LogP contribution >= 0.6 is 0 Å². The number of rotatable bonds is 2. The highest BCUT2D eigenvalue weighted by molar-refractivity contribution is 5.77. The molecule has 2 heteroatoms. The molecular weight excluding hydrogens is 246 g/mol. The fourth-order valence-electron chi connectivity index (χ4n) is 3.13. The molecule has 0 spiro atoms. The molecule has 1 N–H and O–H groups in total. The summed E-state index contributed by atoms with van der Waals surface area (Å²) in [5.41, 5.74) is 2.59. The minimum Gasteiger partial charge on any atom is -0.356 e.